The van der Waals surface area contributed by atoms with Crippen molar-refractivity contribution in [3.8, 4) is 5.75 Å². The first-order chi connectivity index (χ1) is 15.7. The van der Waals surface area contributed by atoms with Crippen LogP contribution in [0.25, 0.3) is 32.2 Å². The summed E-state index contributed by atoms with van der Waals surface area (Å²) >= 11 is 0.804. The molecule has 3 heterocycles. The molecule has 0 atom stereocenters. The maximum atomic E-state index is 13.1. The van der Waals surface area contributed by atoms with Crippen molar-refractivity contribution in [3.63, 3.8) is 0 Å². The fourth-order valence-electron chi connectivity index (χ4n) is 3.82. The van der Waals surface area contributed by atoms with Crippen LogP contribution in [0.5, 0.6) is 5.75 Å². The standard InChI is InChI=1S/C23H16F3N3O3S/c1-10-7-17(23(24,25)26)29-22-18(10)19(27)20(33-22)21(30)28-13-9-15-12(8-16(13)31-2)11-5-3-4-6-14(11)32-15/h3-9H,27H2,1-2H3,(H,28,30). The molecule has 5 rings (SSSR count). The predicted molar refractivity (Wildman–Crippen MR) is 122 cm³/mol. The zero-order valence-electron chi connectivity index (χ0n) is 17.3. The van der Waals surface area contributed by atoms with E-state index in [1.807, 2.05) is 24.3 Å². The van der Waals surface area contributed by atoms with Gasteiger partial charge in [-0.25, -0.2) is 4.98 Å². The highest BCUT2D eigenvalue weighted by atomic mass is 32.1. The number of nitrogen functional groups attached to an aromatic ring is 1. The second-order valence-electron chi connectivity index (χ2n) is 7.45. The fraction of sp³-hybridized carbons (Fsp3) is 0.130. The van der Waals surface area contributed by atoms with Crippen molar-refractivity contribution >= 4 is 60.8 Å². The Morgan fingerprint density at radius 1 is 1.15 bits per heavy atom. The summed E-state index contributed by atoms with van der Waals surface area (Å²) in [5.74, 6) is -0.187. The van der Waals surface area contributed by atoms with Gasteiger partial charge in [-0.05, 0) is 30.7 Å². The maximum Gasteiger partial charge on any atom is 0.433 e. The molecule has 3 aromatic heterocycles. The first-order valence-electron chi connectivity index (χ1n) is 9.75. The molecular formula is C23H16F3N3O3S. The van der Waals surface area contributed by atoms with E-state index in [-0.39, 0.29) is 15.4 Å². The molecule has 0 unspecified atom stereocenters. The summed E-state index contributed by atoms with van der Waals surface area (Å²) in [5.41, 5.74) is 7.06. The zero-order valence-corrected chi connectivity index (χ0v) is 18.1. The van der Waals surface area contributed by atoms with Gasteiger partial charge in [0.1, 0.15) is 32.3 Å². The number of nitrogens with zero attached hydrogens (tertiary/aromatic N) is 1. The average Bonchev–Trinajstić information content (AvgIpc) is 3.29. The number of carbonyl (C=O) groups is 1. The number of rotatable bonds is 3. The summed E-state index contributed by atoms with van der Waals surface area (Å²) in [6.07, 6.45) is -4.60. The van der Waals surface area contributed by atoms with Crippen LogP contribution < -0.4 is 15.8 Å². The van der Waals surface area contributed by atoms with Gasteiger partial charge in [0.15, 0.2) is 0 Å². The third-order valence-electron chi connectivity index (χ3n) is 5.34. The highest BCUT2D eigenvalue weighted by molar-refractivity contribution is 7.21. The molecule has 0 aliphatic heterocycles. The van der Waals surface area contributed by atoms with Crippen LogP contribution in [0.2, 0.25) is 0 Å². The van der Waals surface area contributed by atoms with Gasteiger partial charge >= 0.3 is 6.18 Å². The molecule has 0 fully saturated rings. The molecule has 168 valence electrons. The number of carbonyl (C=O) groups excluding carboxylic acids is 1. The van der Waals surface area contributed by atoms with Crippen molar-refractivity contribution in [2.24, 2.45) is 0 Å². The van der Waals surface area contributed by atoms with Crippen LogP contribution in [-0.2, 0) is 6.18 Å². The van der Waals surface area contributed by atoms with Crippen LogP contribution in [0, 0.1) is 6.92 Å². The fourth-order valence-corrected chi connectivity index (χ4v) is 4.89. The third-order valence-corrected chi connectivity index (χ3v) is 6.44. The first kappa shape index (κ1) is 21.1. The molecule has 0 spiro atoms. The number of ether oxygens (including phenoxy) is 1. The molecule has 10 heteroatoms. The quantitative estimate of drug-likeness (QED) is 0.319. The maximum absolute atomic E-state index is 13.1. The SMILES string of the molecule is COc1cc2c(cc1NC(=O)c1sc3nc(C(F)(F)F)cc(C)c3c1N)oc1ccccc12. The van der Waals surface area contributed by atoms with E-state index in [4.69, 9.17) is 14.9 Å². The van der Waals surface area contributed by atoms with E-state index >= 15 is 0 Å². The number of aryl methyl sites for hydroxylation is 1. The number of hydrogen-bond acceptors (Lipinski definition) is 6. The topological polar surface area (TPSA) is 90.4 Å². The van der Waals surface area contributed by atoms with Crippen molar-refractivity contribution in [2.75, 3.05) is 18.2 Å². The normalized spacial score (nSPS) is 12.0. The van der Waals surface area contributed by atoms with Crippen molar-refractivity contribution in [3.05, 3.63) is 58.6 Å². The lowest BCUT2D eigenvalue weighted by Crippen LogP contribution is -2.12. The van der Waals surface area contributed by atoms with Gasteiger partial charge in [-0.2, -0.15) is 13.2 Å². The lowest BCUT2D eigenvalue weighted by atomic mass is 10.1. The molecule has 0 saturated carbocycles. The molecule has 0 aliphatic rings. The number of aromatic nitrogens is 1. The van der Waals surface area contributed by atoms with Gasteiger partial charge in [0.05, 0.1) is 18.5 Å². The number of hydrogen-bond donors (Lipinski definition) is 2. The van der Waals surface area contributed by atoms with E-state index < -0.39 is 17.8 Å². The van der Waals surface area contributed by atoms with Gasteiger partial charge in [0, 0.05) is 22.2 Å². The minimum Gasteiger partial charge on any atom is -0.495 e. The number of furan rings is 1. The number of amides is 1. The van der Waals surface area contributed by atoms with Crippen LogP contribution in [-0.4, -0.2) is 18.0 Å². The van der Waals surface area contributed by atoms with Crippen LogP contribution in [0.1, 0.15) is 20.9 Å². The van der Waals surface area contributed by atoms with E-state index in [1.165, 1.54) is 14.0 Å². The second-order valence-corrected chi connectivity index (χ2v) is 8.45. The summed E-state index contributed by atoms with van der Waals surface area (Å²) < 4.78 is 50.8. The molecule has 2 aromatic carbocycles. The molecule has 6 nitrogen and oxygen atoms in total. The number of fused-ring (bicyclic) bond motifs is 4. The average molecular weight is 471 g/mol. The van der Waals surface area contributed by atoms with E-state index in [0.29, 0.717) is 33.6 Å². The van der Waals surface area contributed by atoms with Gasteiger partial charge in [-0.1, -0.05) is 18.2 Å². The Morgan fingerprint density at radius 3 is 2.64 bits per heavy atom. The molecule has 0 bridgehead atoms. The van der Waals surface area contributed by atoms with Gasteiger partial charge in [-0.15, -0.1) is 11.3 Å². The van der Waals surface area contributed by atoms with Crippen LogP contribution >= 0.6 is 11.3 Å². The minimum absolute atomic E-state index is 0.0460. The number of alkyl halides is 3. The summed E-state index contributed by atoms with van der Waals surface area (Å²) in [7, 11) is 1.47. The molecule has 33 heavy (non-hydrogen) atoms. The molecule has 5 aromatic rings. The number of methoxy groups -OCH3 is 1. The van der Waals surface area contributed by atoms with Crippen molar-refractivity contribution in [1.82, 2.24) is 4.98 Å². The van der Waals surface area contributed by atoms with E-state index in [1.54, 1.807) is 12.1 Å². The van der Waals surface area contributed by atoms with Gasteiger partial charge in [-0.3, -0.25) is 4.79 Å². The van der Waals surface area contributed by atoms with Gasteiger partial charge in [0.2, 0.25) is 0 Å². The van der Waals surface area contributed by atoms with E-state index in [9.17, 15) is 18.0 Å². The van der Waals surface area contributed by atoms with E-state index in [0.717, 1.165) is 28.2 Å². The second kappa shape index (κ2) is 7.38. The molecule has 0 aliphatic carbocycles. The Kier molecular flexibility index (Phi) is 4.71. The summed E-state index contributed by atoms with van der Waals surface area (Å²) in [6, 6.07) is 11.8. The minimum atomic E-state index is -4.60. The zero-order chi connectivity index (χ0) is 23.5. The Bertz CT molecular complexity index is 1570. The molecule has 1 amide bonds. The first-order valence-corrected chi connectivity index (χ1v) is 10.6. The monoisotopic (exact) mass is 471 g/mol. The highest BCUT2D eigenvalue weighted by Gasteiger charge is 2.34. The predicted octanol–water partition coefficient (Wildman–Crippen LogP) is 6.37. The number of nitrogens with two attached hydrogens (primary N) is 1. The number of pyridine rings is 1. The Morgan fingerprint density at radius 2 is 1.91 bits per heavy atom. The van der Waals surface area contributed by atoms with Crippen molar-refractivity contribution < 1.29 is 27.1 Å². The smallest absolute Gasteiger partial charge is 0.433 e. The molecule has 0 saturated heterocycles. The summed E-state index contributed by atoms with van der Waals surface area (Å²) in [4.78, 5) is 16.8. The summed E-state index contributed by atoms with van der Waals surface area (Å²) in [6.45, 7) is 1.50. The van der Waals surface area contributed by atoms with Crippen LogP contribution in [0.15, 0.2) is 46.9 Å². The third kappa shape index (κ3) is 3.43. The van der Waals surface area contributed by atoms with Gasteiger partial charge in [0.25, 0.3) is 5.91 Å². The lowest BCUT2D eigenvalue weighted by Gasteiger charge is -2.10. The number of halogens is 3. The number of anilines is 2. The number of nitrogens with one attached hydrogen (secondary N) is 1. The summed E-state index contributed by atoms with van der Waals surface area (Å²) in [5, 5.41) is 4.79. The Labute approximate surface area is 188 Å². The van der Waals surface area contributed by atoms with Crippen LogP contribution in [0.3, 0.4) is 0 Å². The van der Waals surface area contributed by atoms with Crippen molar-refractivity contribution in [2.45, 2.75) is 13.1 Å². The number of para-hydroxylation sites is 1. The van der Waals surface area contributed by atoms with Crippen molar-refractivity contribution in [1.29, 1.82) is 0 Å². The van der Waals surface area contributed by atoms with Crippen LogP contribution in [0.4, 0.5) is 24.5 Å². The molecule has 0 radical (unpaired) electrons. The Hall–Kier alpha value is -3.79. The largest absolute Gasteiger partial charge is 0.495 e. The van der Waals surface area contributed by atoms with Gasteiger partial charge < -0.3 is 20.2 Å². The molecule has 3 N–H and O–H groups in total. The van der Waals surface area contributed by atoms with E-state index in [2.05, 4.69) is 10.3 Å². The Balaban J connectivity index is 1.57. The number of thiophene rings is 1. The molecular weight excluding hydrogens is 455 g/mol. The highest BCUT2D eigenvalue weighted by Crippen LogP contribution is 2.40. The number of benzene rings is 2. The lowest BCUT2D eigenvalue weighted by molar-refractivity contribution is -0.141.